The summed E-state index contributed by atoms with van der Waals surface area (Å²) in [6, 6.07) is 9.26. The van der Waals surface area contributed by atoms with E-state index >= 15 is 0 Å². The fourth-order valence-corrected chi connectivity index (χ4v) is 3.28. The quantitative estimate of drug-likeness (QED) is 0.565. The van der Waals surface area contributed by atoms with E-state index in [1.165, 1.54) is 11.6 Å². The molecule has 120 valence electrons. The number of aryl methyl sites for hydroxylation is 2. The van der Waals surface area contributed by atoms with Crippen molar-refractivity contribution in [3.05, 3.63) is 41.5 Å². The molecule has 0 aliphatic rings. The summed E-state index contributed by atoms with van der Waals surface area (Å²) >= 11 is 0. The van der Waals surface area contributed by atoms with Crippen molar-refractivity contribution in [1.29, 1.82) is 0 Å². The first-order valence-corrected chi connectivity index (χ1v) is 9.38. The van der Waals surface area contributed by atoms with Crippen molar-refractivity contribution in [2.24, 2.45) is 0 Å². The Morgan fingerprint density at radius 3 is 2.22 bits per heavy atom. The van der Waals surface area contributed by atoms with E-state index in [2.05, 4.69) is 26.0 Å². The van der Waals surface area contributed by atoms with Gasteiger partial charge in [-0.15, -0.1) is 0 Å². The second kappa shape index (κ2) is 9.19. The van der Waals surface area contributed by atoms with Crippen LogP contribution < -0.4 is 29.6 Å². The minimum absolute atomic E-state index is 0. The maximum Gasteiger partial charge on any atom is 1.00 e. The zero-order valence-electron chi connectivity index (χ0n) is 14.3. The van der Waals surface area contributed by atoms with Crippen molar-refractivity contribution in [1.82, 2.24) is 0 Å². The van der Waals surface area contributed by atoms with Crippen LogP contribution in [0.15, 0.2) is 35.2 Å². The first-order chi connectivity index (χ1) is 10.5. The second-order valence-electron chi connectivity index (χ2n) is 5.80. The van der Waals surface area contributed by atoms with Crippen LogP contribution in [0.3, 0.4) is 0 Å². The Bertz CT molecular complexity index is 754. The van der Waals surface area contributed by atoms with Gasteiger partial charge in [-0.05, 0) is 59.7 Å². The molecule has 0 aliphatic carbocycles. The number of rotatable bonds is 7. The molecule has 0 saturated carbocycles. The molecule has 5 heteroatoms. The summed E-state index contributed by atoms with van der Waals surface area (Å²) in [4.78, 5) is -0.112. The van der Waals surface area contributed by atoms with E-state index in [0.29, 0.717) is 0 Å². The Hall–Kier alpha value is -0.390. The fourth-order valence-electron chi connectivity index (χ4n) is 2.72. The molecule has 0 spiro atoms. The van der Waals surface area contributed by atoms with Crippen molar-refractivity contribution in [3.8, 4) is 0 Å². The van der Waals surface area contributed by atoms with Crippen LogP contribution in [0.1, 0.15) is 50.7 Å². The van der Waals surface area contributed by atoms with Crippen LogP contribution in [0.2, 0.25) is 0 Å². The molecule has 0 atom stereocenters. The van der Waals surface area contributed by atoms with Gasteiger partial charge in [0.2, 0.25) is 0 Å². The molecule has 2 rings (SSSR count). The number of hydrogen-bond donors (Lipinski definition) is 0. The van der Waals surface area contributed by atoms with Gasteiger partial charge < -0.3 is 4.55 Å². The van der Waals surface area contributed by atoms with Gasteiger partial charge in [0, 0.05) is 0 Å². The van der Waals surface area contributed by atoms with Crippen LogP contribution in [0.5, 0.6) is 0 Å². The molecule has 0 amide bonds. The van der Waals surface area contributed by atoms with Crippen LogP contribution >= 0.6 is 0 Å². The van der Waals surface area contributed by atoms with Gasteiger partial charge in [0.25, 0.3) is 0 Å². The van der Waals surface area contributed by atoms with Gasteiger partial charge in [0.05, 0.1) is 4.90 Å². The van der Waals surface area contributed by atoms with E-state index in [9.17, 15) is 13.0 Å². The minimum Gasteiger partial charge on any atom is -0.744 e. The summed E-state index contributed by atoms with van der Waals surface area (Å²) in [6.45, 7) is 4.24. The van der Waals surface area contributed by atoms with Gasteiger partial charge in [-0.2, -0.15) is 0 Å². The predicted octanol–water partition coefficient (Wildman–Crippen LogP) is 1.43. The molecule has 0 N–H and O–H groups in total. The minimum atomic E-state index is -4.42. The van der Waals surface area contributed by atoms with Gasteiger partial charge in [-0.3, -0.25) is 0 Å². The largest absolute Gasteiger partial charge is 1.00 e. The van der Waals surface area contributed by atoms with E-state index in [4.69, 9.17) is 0 Å². The molecule has 0 aliphatic heterocycles. The van der Waals surface area contributed by atoms with Gasteiger partial charge in [0.15, 0.2) is 0 Å². The molecule has 0 heterocycles. The third-order valence-corrected chi connectivity index (χ3v) is 4.80. The van der Waals surface area contributed by atoms with Gasteiger partial charge >= 0.3 is 29.6 Å². The maximum absolute atomic E-state index is 11.4. The third kappa shape index (κ3) is 5.57. The summed E-state index contributed by atoms with van der Waals surface area (Å²) in [5, 5.41) is 1.91. The molecular weight excluding hydrogens is 319 g/mol. The van der Waals surface area contributed by atoms with Crippen molar-refractivity contribution in [2.45, 2.75) is 57.3 Å². The third-order valence-electron chi connectivity index (χ3n) is 3.98. The smallest absolute Gasteiger partial charge is 0.744 e. The van der Waals surface area contributed by atoms with E-state index in [0.717, 1.165) is 54.9 Å². The summed E-state index contributed by atoms with van der Waals surface area (Å²) in [7, 11) is -4.42. The molecule has 23 heavy (non-hydrogen) atoms. The van der Waals surface area contributed by atoms with Crippen LogP contribution in [-0.2, 0) is 23.0 Å². The summed E-state index contributed by atoms with van der Waals surface area (Å²) in [6.07, 6.45) is 6.01. The maximum atomic E-state index is 11.4. The van der Waals surface area contributed by atoms with Gasteiger partial charge in [0.1, 0.15) is 10.1 Å². The van der Waals surface area contributed by atoms with E-state index in [-0.39, 0.29) is 34.5 Å². The van der Waals surface area contributed by atoms with Crippen molar-refractivity contribution in [3.63, 3.8) is 0 Å². The predicted molar refractivity (Wildman–Crippen MR) is 89.1 cm³/mol. The van der Waals surface area contributed by atoms with Crippen molar-refractivity contribution < 1.29 is 42.5 Å². The SMILES string of the molecule is CCCCc1ccc2c(CCCC)cc(S(=O)(=O)[O-])cc2c1.[Na+]. The van der Waals surface area contributed by atoms with Crippen LogP contribution in [-0.4, -0.2) is 13.0 Å². The molecular formula is C18H23NaO3S. The molecule has 0 fully saturated rings. The Morgan fingerprint density at radius 1 is 0.957 bits per heavy atom. The van der Waals surface area contributed by atoms with Crippen LogP contribution in [0.4, 0.5) is 0 Å². The zero-order valence-corrected chi connectivity index (χ0v) is 17.1. The first-order valence-electron chi connectivity index (χ1n) is 7.97. The Balaban J connectivity index is 0.00000264. The number of benzene rings is 2. The van der Waals surface area contributed by atoms with Crippen molar-refractivity contribution >= 4 is 20.9 Å². The fraction of sp³-hybridized carbons (Fsp3) is 0.444. The van der Waals surface area contributed by atoms with Gasteiger partial charge in [-0.1, -0.05) is 44.9 Å². The second-order valence-corrected chi connectivity index (χ2v) is 7.18. The molecule has 0 radical (unpaired) electrons. The molecule has 2 aromatic rings. The topological polar surface area (TPSA) is 57.2 Å². The Morgan fingerprint density at radius 2 is 1.61 bits per heavy atom. The molecule has 0 aromatic heterocycles. The Labute approximate surface area is 161 Å². The molecule has 0 saturated heterocycles. The van der Waals surface area contributed by atoms with Crippen molar-refractivity contribution in [2.75, 3.05) is 0 Å². The molecule has 0 bridgehead atoms. The van der Waals surface area contributed by atoms with E-state index in [1.807, 2.05) is 6.07 Å². The normalized spacial score (nSPS) is 11.4. The Kier molecular flexibility index (Phi) is 8.25. The van der Waals surface area contributed by atoms with E-state index < -0.39 is 10.1 Å². The molecule has 3 nitrogen and oxygen atoms in total. The number of hydrogen-bond acceptors (Lipinski definition) is 3. The summed E-state index contributed by atoms with van der Waals surface area (Å²) in [5.41, 5.74) is 2.15. The number of fused-ring (bicyclic) bond motifs is 1. The summed E-state index contributed by atoms with van der Waals surface area (Å²) < 4.78 is 34.2. The monoisotopic (exact) mass is 342 g/mol. The van der Waals surface area contributed by atoms with Crippen LogP contribution in [0, 0.1) is 0 Å². The molecule has 0 unspecified atom stereocenters. The number of unbranched alkanes of at least 4 members (excludes halogenated alkanes) is 2. The average molecular weight is 342 g/mol. The average Bonchev–Trinajstić information content (AvgIpc) is 2.49. The zero-order chi connectivity index (χ0) is 16.2. The van der Waals surface area contributed by atoms with Gasteiger partial charge in [-0.25, -0.2) is 8.42 Å². The van der Waals surface area contributed by atoms with E-state index in [1.54, 1.807) is 6.07 Å². The van der Waals surface area contributed by atoms with Crippen LogP contribution in [0.25, 0.3) is 10.8 Å². The standard InChI is InChI=1S/C18H24O3S.Na/c1-3-5-7-14-9-10-18-15(8-6-4-2)12-17(22(19,20)21)13-16(18)11-14;/h9-13H,3-8H2,1-2H3,(H,19,20,21);/q;+1/p-1. The molecule has 2 aromatic carbocycles. The first kappa shape index (κ1) is 20.7. The summed E-state index contributed by atoms with van der Waals surface area (Å²) in [5.74, 6) is 0.